The Morgan fingerprint density at radius 3 is 2.38 bits per heavy atom. The minimum atomic E-state index is -0.123. The standard InChI is InChI=1S/C26H36N4O2/c1-4-29(5-2)18-15-25(31)28-22-13-14-24(30-16-9-10-17-30)23(19-22)26(32)27-20(3)21-11-7-6-8-12-21/h6-8,11-14,19-20H,4-5,9-10,15-18H2,1-3H3,(H,27,32)(H,28,31). The molecule has 6 nitrogen and oxygen atoms in total. The molecule has 2 aromatic rings. The molecular weight excluding hydrogens is 400 g/mol. The van der Waals surface area contributed by atoms with Gasteiger partial charge in [0.05, 0.1) is 11.6 Å². The highest BCUT2D eigenvalue weighted by molar-refractivity contribution is 6.02. The van der Waals surface area contributed by atoms with Crippen LogP contribution in [0.15, 0.2) is 48.5 Å². The maximum atomic E-state index is 13.3. The number of carbonyl (C=O) groups excluding carboxylic acids is 2. The first-order valence-electron chi connectivity index (χ1n) is 11.8. The molecule has 3 rings (SSSR count). The van der Waals surface area contributed by atoms with E-state index in [1.165, 1.54) is 0 Å². The third-order valence-corrected chi connectivity index (χ3v) is 6.17. The average Bonchev–Trinajstić information content (AvgIpc) is 3.35. The van der Waals surface area contributed by atoms with Gasteiger partial charge >= 0.3 is 0 Å². The predicted octanol–water partition coefficient (Wildman–Crippen LogP) is 4.45. The molecule has 0 bridgehead atoms. The maximum absolute atomic E-state index is 13.3. The van der Waals surface area contributed by atoms with Crippen LogP contribution >= 0.6 is 0 Å². The van der Waals surface area contributed by atoms with Gasteiger partial charge in [-0.3, -0.25) is 9.59 Å². The summed E-state index contributed by atoms with van der Waals surface area (Å²) in [7, 11) is 0. The number of anilines is 2. The monoisotopic (exact) mass is 436 g/mol. The zero-order valence-electron chi connectivity index (χ0n) is 19.6. The summed E-state index contributed by atoms with van der Waals surface area (Å²) >= 11 is 0. The van der Waals surface area contributed by atoms with Crippen LogP contribution in [0.25, 0.3) is 0 Å². The van der Waals surface area contributed by atoms with Gasteiger partial charge in [0, 0.05) is 37.4 Å². The molecular formula is C26H36N4O2. The van der Waals surface area contributed by atoms with E-state index in [4.69, 9.17) is 0 Å². The highest BCUT2D eigenvalue weighted by atomic mass is 16.2. The van der Waals surface area contributed by atoms with Crippen molar-refractivity contribution in [3.8, 4) is 0 Å². The van der Waals surface area contributed by atoms with E-state index in [9.17, 15) is 9.59 Å². The highest BCUT2D eigenvalue weighted by Gasteiger charge is 2.22. The lowest BCUT2D eigenvalue weighted by molar-refractivity contribution is -0.116. The molecule has 32 heavy (non-hydrogen) atoms. The van der Waals surface area contributed by atoms with Gasteiger partial charge in [-0.25, -0.2) is 0 Å². The summed E-state index contributed by atoms with van der Waals surface area (Å²) in [6, 6.07) is 15.5. The van der Waals surface area contributed by atoms with Gasteiger partial charge in [0.1, 0.15) is 0 Å². The number of rotatable bonds is 10. The molecule has 1 heterocycles. The van der Waals surface area contributed by atoms with Crippen LogP contribution in [-0.2, 0) is 4.79 Å². The van der Waals surface area contributed by atoms with E-state index in [0.29, 0.717) is 17.7 Å². The Labute approximate surface area is 192 Å². The molecule has 1 aliphatic rings. The molecule has 0 aliphatic carbocycles. The lowest BCUT2D eigenvalue weighted by Crippen LogP contribution is -2.30. The van der Waals surface area contributed by atoms with Crippen LogP contribution in [0.2, 0.25) is 0 Å². The summed E-state index contributed by atoms with van der Waals surface area (Å²) in [6.45, 7) is 10.7. The molecule has 1 atom stereocenters. The van der Waals surface area contributed by atoms with Crippen molar-refractivity contribution in [2.24, 2.45) is 0 Å². The number of nitrogens with zero attached hydrogens (tertiary/aromatic N) is 2. The van der Waals surface area contributed by atoms with Gasteiger partial charge in [0.2, 0.25) is 5.91 Å². The van der Waals surface area contributed by atoms with Crippen molar-refractivity contribution in [3.63, 3.8) is 0 Å². The average molecular weight is 437 g/mol. The van der Waals surface area contributed by atoms with E-state index < -0.39 is 0 Å². The van der Waals surface area contributed by atoms with Gasteiger partial charge in [0.15, 0.2) is 0 Å². The molecule has 0 aromatic heterocycles. The number of carbonyl (C=O) groups is 2. The number of nitrogens with one attached hydrogen (secondary N) is 2. The molecule has 0 saturated carbocycles. The summed E-state index contributed by atoms with van der Waals surface area (Å²) in [4.78, 5) is 30.2. The Morgan fingerprint density at radius 1 is 1.03 bits per heavy atom. The zero-order valence-corrected chi connectivity index (χ0v) is 19.6. The molecule has 6 heteroatoms. The highest BCUT2D eigenvalue weighted by Crippen LogP contribution is 2.28. The smallest absolute Gasteiger partial charge is 0.253 e. The number of hydrogen-bond donors (Lipinski definition) is 2. The van der Waals surface area contributed by atoms with Gasteiger partial charge in [-0.2, -0.15) is 0 Å². The summed E-state index contributed by atoms with van der Waals surface area (Å²) in [5, 5.41) is 6.11. The second-order valence-electron chi connectivity index (χ2n) is 8.36. The lowest BCUT2D eigenvalue weighted by atomic mass is 10.1. The van der Waals surface area contributed by atoms with Crippen molar-refractivity contribution in [3.05, 3.63) is 59.7 Å². The molecule has 172 valence electrons. The molecule has 2 N–H and O–H groups in total. The van der Waals surface area contributed by atoms with E-state index in [1.807, 2.05) is 55.5 Å². The third-order valence-electron chi connectivity index (χ3n) is 6.17. The van der Waals surface area contributed by atoms with Crippen LogP contribution in [0.5, 0.6) is 0 Å². The SMILES string of the molecule is CCN(CC)CCC(=O)Nc1ccc(N2CCCC2)c(C(=O)NC(C)c2ccccc2)c1. The largest absolute Gasteiger partial charge is 0.371 e. The van der Waals surface area contributed by atoms with Gasteiger partial charge in [-0.1, -0.05) is 44.2 Å². The third kappa shape index (κ3) is 6.33. The normalized spacial score (nSPS) is 14.4. The topological polar surface area (TPSA) is 64.7 Å². The molecule has 2 aromatic carbocycles. The second-order valence-corrected chi connectivity index (χ2v) is 8.36. The van der Waals surface area contributed by atoms with Crippen molar-refractivity contribution < 1.29 is 9.59 Å². The molecule has 1 aliphatic heterocycles. The van der Waals surface area contributed by atoms with Crippen molar-refractivity contribution in [1.29, 1.82) is 0 Å². The van der Waals surface area contributed by atoms with Gasteiger partial charge in [-0.05, 0) is 56.6 Å². The quantitative estimate of drug-likeness (QED) is 0.578. The molecule has 1 unspecified atom stereocenters. The molecule has 0 radical (unpaired) electrons. The van der Waals surface area contributed by atoms with E-state index >= 15 is 0 Å². The number of benzene rings is 2. The van der Waals surface area contributed by atoms with Crippen LogP contribution in [0, 0.1) is 0 Å². The predicted molar refractivity (Wildman–Crippen MR) is 131 cm³/mol. The summed E-state index contributed by atoms with van der Waals surface area (Å²) in [5.41, 5.74) is 3.26. The summed E-state index contributed by atoms with van der Waals surface area (Å²) in [5.74, 6) is -0.155. The first-order chi connectivity index (χ1) is 15.5. The fourth-order valence-electron chi connectivity index (χ4n) is 4.15. The van der Waals surface area contributed by atoms with Crippen molar-refractivity contribution >= 4 is 23.2 Å². The minimum Gasteiger partial charge on any atom is -0.371 e. The van der Waals surface area contributed by atoms with E-state index in [2.05, 4.69) is 34.3 Å². The van der Waals surface area contributed by atoms with Crippen molar-refractivity contribution in [2.45, 2.75) is 46.1 Å². The summed E-state index contributed by atoms with van der Waals surface area (Å²) < 4.78 is 0. The Balaban J connectivity index is 1.75. The van der Waals surface area contributed by atoms with Crippen LogP contribution < -0.4 is 15.5 Å². The Hall–Kier alpha value is -2.86. The van der Waals surface area contributed by atoms with E-state index in [-0.39, 0.29) is 17.9 Å². The van der Waals surface area contributed by atoms with E-state index in [1.54, 1.807) is 0 Å². The lowest BCUT2D eigenvalue weighted by Gasteiger charge is -2.23. The zero-order chi connectivity index (χ0) is 22.9. The van der Waals surface area contributed by atoms with Gasteiger partial charge < -0.3 is 20.4 Å². The van der Waals surface area contributed by atoms with Gasteiger partial charge in [-0.15, -0.1) is 0 Å². The van der Waals surface area contributed by atoms with Gasteiger partial charge in [0.25, 0.3) is 5.91 Å². The first-order valence-corrected chi connectivity index (χ1v) is 11.8. The van der Waals surface area contributed by atoms with Crippen LogP contribution in [0.4, 0.5) is 11.4 Å². The van der Waals surface area contributed by atoms with Crippen LogP contribution in [0.1, 0.15) is 62.0 Å². The number of amides is 2. The molecule has 1 fully saturated rings. The maximum Gasteiger partial charge on any atom is 0.253 e. The molecule has 0 spiro atoms. The fourth-order valence-corrected chi connectivity index (χ4v) is 4.15. The Kier molecular flexibility index (Phi) is 8.68. The van der Waals surface area contributed by atoms with Crippen LogP contribution in [-0.4, -0.2) is 49.4 Å². The second kappa shape index (κ2) is 11.7. The Bertz CT molecular complexity index is 890. The van der Waals surface area contributed by atoms with E-state index in [0.717, 1.165) is 56.8 Å². The molecule has 1 saturated heterocycles. The van der Waals surface area contributed by atoms with Crippen molar-refractivity contribution in [2.75, 3.05) is 42.9 Å². The summed E-state index contributed by atoms with van der Waals surface area (Å²) in [6.07, 6.45) is 2.69. The van der Waals surface area contributed by atoms with Crippen LogP contribution in [0.3, 0.4) is 0 Å². The van der Waals surface area contributed by atoms with Crippen molar-refractivity contribution in [1.82, 2.24) is 10.2 Å². The number of hydrogen-bond acceptors (Lipinski definition) is 4. The Morgan fingerprint density at radius 2 is 1.72 bits per heavy atom. The molecule has 2 amide bonds. The minimum absolute atomic E-state index is 0.0326. The first kappa shape index (κ1) is 23.8. The fraction of sp³-hybridized carbons (Fsp3) is 0.462.